The average molecular weight is 268 g/mol. The molecule has 0 unspecified atom stereocenters. The summed E-state index contributed by atoms with van der Waals surface area (Å²) in [4.78, 5) is 17.4. The second kappa shape index (κ2) is 5.77. The van der Waals surface area contributed by atoms with Crippen LogP contribution in [0.5, 0.6) is 11.6 Å². The largest absolute Gasteiger partial charge is 0.491 e. The van der Waals surface area contributed by atoms with Crippen LogP contribution in [0.15, 0.2) is 12.1 Å². The number of hydrogen-bond acceptors (Lipinski definition) is 5. The van der Waals surface area contributed by atoms with Gasteiger partial charge in [-0.2, -0.15) is 4.98 Å². The molecule has 0 radical (unpaired) electrons. The molecule has 0 aliphatic rings. The molecule has 0 bridgehead atoms. The van der Waals surface area contributed by atoms with E-state index in [9.17, 15) is 4.79 Å². The van der Waals surface area contributed by atoms with E-state index < -0.39 is 11.7 Å². The Morgan fingerprint density at radius 3 is 2.32 bits per heavy atom. The molecule has 6 heteroatoms. The Bertz CT molecular complexity index is 454. The highest BCUT2D eigenvalue weighted by Crippen LogP contribution is 2.27. The molecule has 1 amide bonds. The number of carbonyl (C=O) groups excluding carboxylic acids is 1. The number of nitrogens with zero attached hydrogens (tertiary/aromatic N) is 2. The summed E-state index contributed by atoms with van der Waals surface area (Å²) in [6, 6.07) is 3.34. The van der Waals surface area contributed by atoms with Crippen LogP contribution in [-0.2, 0) is 4.74 Å². The van der Waals surface area contributed by atoms with Gasteiger partial charge in [-0.05, 0) is 32.9 Å². The fraction of sp³-hybridized carbons (Fsp3) is 0.538. The molecule has 0 aliphatic carbocycles. The lowest BCUT2D eigenvalue weighted by Crippen LogP contribution is -2.34. The molecule has 1 rings (SSSR count). The third kappa shape index (κ3) is 4.01. The number of amides is 1. The Balaban J connectivity index is 2.94. The maximum Gasteiger partial charge on any atom is 0.415 e. The van der Waals surface area contributed by atoms with E-state index in [-0.39, 0.29) is 0 Å². The van der Waals surface area contributed by atoms with E-state index in [2.05, 4.69) is 4.98 Å². The minimum Gasteiger partial charge on any atom is -0.491 e. The summed E-state index contributed by atoms with van der Waals surface area (Å²) < 4.78 is 15.4. The quantitative estimate of drug-likeness (QED) is 0.842. The number of anilines is 1. The average Bonchev–Trinajstić information content (AvgIpc) is 2.34. The van der Waals surface area contributed by atoms with Gasteiger partial charge in [0, 0.05) is 7.05 Å². The summed E-state index contributed by atoms with van der Waals surface area (Å²) in [5.74, 6) is 1.24. The lowest BCUT2D eigenvalue weighted by molar-refractivity contribution is 0.0588. The van der Waals surface area contributed by atoms with E-state index in [1.807, 2.05) is 0 Å². The molecule has 1 aromatic rings. The summed E-state index contributed by atoms with van der Waals surface area (Å²) in [5.41, 5.74) is -0.554. The van der Waals surface area contributed by atoms with Crippen LogP contribution in [0.25, 0.3) is 0 Å². The molecule has 0 aliphatic heterocycles. The zero-order valence-corrected chi connectivity index (χ0v) is 12.2. The molecule has 6 nitrogen and oxygen atoms in total. The van der Waals surface area contributed by atoms with Gasteiger partial charge in [-0.1, -0.05) is 0 Å². The Morgan fingerprint density at radius 1 is 1.21 bits per heavy atom. The van der Waals surface area contributed by atoms with E-state index in [4.69, 9.17) is 14.2 Å². The highest BCUT2D eigenvalue weighted by molar-refractivity contribution is 5.86. The van der Waals surface area contributed by atoms with Crippen LogP contribution in [0.3, 0.4) is 0 Å². The fourth-order valence-electron chi connectivity index (χ4n) is 1.33. The molecule has 1 aromatic heterocycles. The molecule has 0 spiro atoms. The van der Waals surface area contributed by atoms with Crippen molar-refractivity contribution in [2.75, 3.05) is 26.2 Å². The van der Waals surface area contributed by atoms with Gasteiger partial charge in [-0.15, -0.1) is 0 Å². The first-order valence-electron chi connectivity index (χ1n) is 5.84. The van der Waals surface area contributed by atoms with Gasteiger partial charge in [0.2, 0.25) is 0 Å². The lowest BCUT2D eigenvalue weighted by atomic mass is 10.2. The SMILES string of the molecule is COc1ccc(N(C)C(=O)OC(C)(C)C)nc1OC. The second-order valence-corrected chi connectivity index (χ2v) is 4.92. The number of carbonyl (C=O) groups is 1. The summed E-state index contributed by atoms with van der Waals surface area (Å²) >= 11 is 0. The predicted molar refractivity (Wildman–Crippen MR) is 72.0 cm³/mol. The maximum absolute atomic E-state index is 11.9. The van der Waals surface area contributed by atoms with Crippen molar-refractivity contribution in [1.29, 1.82) is 0 Å². The zero-order chi connectivity index (χ0) is 14.6. The van der Waals surface area contributed by atoms with E-state index >= 15 is 0 Å². The van der Waals surface area contributed by atoms with Crippen LogP contribution < -0.4 is 14.4 Å². The second-order valence-electron chi connectivity index (χ2n) is 4.92. The topological polar surface area (TPSA) is 60.9 Å². The fourth-order valence-corrected chi connectivity index (χ4v) is 1.33. The van der Waals surface area contributed by atoms with E-state index in [0.29, 0.717) is 17.4 Å². The molecule has 0 saturated carbocycles. The van der Waals surface area contributed by atoms with Crippen LogP contribution in [0.4, 0.5) is 10.6 Å². The third-order valence-corrected chi connectivity index (χ3v) is 2.23. The summed E-state index contributed by atoms with van der Waals surface area (Å²) in [7, 11) is 4.60. The molecule has 0 aromatic carbocycles. The van der Waals surface area contributed by atoms with Crippen molar-refractivity contribution >= 4 is 11.9 Å². The molecule has 19 heavy (non-hydrogen) atoms. The van der Waals surface area contributed by atoms with Crippen molar-refractivity contribution in [1.82, 2.24) is 4.98 Å². The standard InChI is InChI=1S/C13H20N2O4/c1-13(2,3)19-12(16)15(4)10-8-7-9(17-5)11(14-10)18-6/h7-8H,1-6H3. The van der Waals surface area contributed by atoms with Gasteiger partial charge in [0.1, 0.15) is 11.4 Å². The smallest absolute Gasteiger partial charge is 0.415 e. The molecule has 0 saturated heterocycles. The molecule has 0 fully saturated rings. The number of methoxy groups -OCH3 is 2. The Morgan fingerprint density at radius 2 is 1.84 bits per heavy atom. The van der Waals surface area contributed by atoms with Crippen molar-refractivity contribution < 1.29 is 19.0 Å². The predicted octanol–water partition coefficient (Wildman–Crippen LogP) is 2.47. The number of pyridine rings is 1. The van der Waals surface area contributed by atoms with Crippen molar-refractivity contribution in [2.24, 2.45) is 0 Å². The first-order valence-corrected chi connectivity index (χ1v) is 5.84. The van der Waals surface area contributed by atoms with Crippen LogP contribution in [-0.4, -0.2) is 37.9 Å². The Kier molecular flexibility index (Phi) is 4.58. The van der Waals surface area contributed by atoms with Crippen LogP contribution in [0, 0.1) is 0 Å². The van der Waals surface area contributed by atoms with E-state index in [0.717, 1.165) is 0 Å². The van der Waals surface area contributed by atoms with Gasteiger partial charge < -0.3 is 14.2 Å². The first-order chi connectivity index (χ1) is 8.78. The van der Waals surface area contributed by atoms with E-state index in [1.54, 1.807) is 40.0 Å². The number of ether oxygens (including phenoxy) is 3. The summed E-state index contributed by atoms with van der Waals surface area (Å²) in [6.45, 7) is 5.42. The normalized spacial score (nSPS) is 10.8. The first kappa shape index (κ1) is 15.1. The highest BCUT2D eigenvalue weighted by Gasteiger charge is 2.22. The van der Waals surface area contributed by atoms with Crippen molar-refractivity contribution in [3.8, 4) is 11.6 Å². The van der Waals surface area contributed by atoms with Crippen molar-refractivity contribution in [3.05, 3.63) is 12.1 Å². The molecular formula is C13H20N2O4. The Hall–Kier alpha value is -1.98. The third-order valence-electron chi connectivity index (χ3n) is 2.23. The van der Waals surface area contributed by atoms with Crippen molar-refractivity contribution in [3.63, 3.8) is 0 Å². The van der Waals surface area contributed by atoms with E-state index in [1.165, 1.54) is 19.1 Å². The van der Waals surface area contributed by atoms with Crippen LogP contribution >= 0.6 is 0 Å². The molecular weight excluding hydrogens is 248 g/mol. The molecule has 0 atom stereocenters. The molecule has 1 heterocycles. The number of hydrogen-bond donors (Lipinski definition) is 0. The maximum atomic E-state index is 11.9. The lowest BCUT2D eigenvalue weighted by Gasteiger charge is -2.24. The van der Waals surface area contributed by atoms with Crippen molar-refractivity contribution in [2.45, 2.75) is 26.4 Å². The summed E-state index contributed by atoms with van der Waals surface area (Å²) in [6.07, 6.45) is -0.479. The van der Waals surface area contributed by atoms with Gasteiger partial charge in [-0.3, -0.25) is 4.90 Å². The minimum absolute atomic E-state index is 0.315. The summed E-state index contributed by atoms with van der Waals surface area (Å²) in [5, 5.41) is 0. The van der Waals surface area contributed by atoms with Gasteiger partial charge >= 0.3 is 6.09 Å². The zero-order valence-electron chi connectivity index (χ0n) is 12.2. The Labute approximate surface area is 113 Å². The van der Waals surface area contributed by atoms with Crippen LogP contribution in [0.2, 0.25) is 0 Å². The number of rotatable bonds is 3. The van der Waals surface area contributed by atoms with Gasteiger partial charge in [0.25, 0.3) is 5.88 Å². The molecule has 106 valence electrons. The van der Waals surface area contributed by atoms with Gasteiger partial charge in [0.05, 0.1) is 14.2 Å². The van der Waals surface area contributed by atoms with Crippen LogP contribution in [0.1, 0.15) is 20.8 Å². The number of aromatic nitrogens is 1. The highest BCUT2D eigenvalue weighted by atomic mass is 16.6. The van der Waals surface area contributed by atoms with Gasteiger partial charge in [0.15, 0.2) is 5.75 Å². The van der Waals surface area contributed by atoms with Gasteiger partial charge in [-0.25, -0.2) is 4.79 Å². The molecule has 0 N–H and O–H groups in total. The monoisotopic (exact) mass is 268 g/mol. The minimum atomic E-state index is -0.554.